The summed E-state index contributed by atoms with van der Waals surface area (Å²) in [5.74, 6) is -0.250. The average Bonchev–Trinajstić information content (AvgIpc) is 2.82. The zero-order valence-corrected chi connectivity index (χ0v) is 14.4. The Kier molecular flexibility index (Phi) is 5.75. The van der Waals surface area contributed by atoms with Gasteiger partial charge in [-0.15, -0.1) is 0 Å². The summed E-state index contributed by atoms with van der Waals surface area (Å²) in [5, 5.41) is 4.17. The number of carbonyl (C=O) groups excluding carboxylic acids is 2. The molecular formula is C15H17BrN4O3. The van der Waals surface area contributed by atoms with Gasteiger partial charge in [-0.2, -0.15) is 5.10 Å². The molecule has 0 aliphatic carbocycles. The van der Waals surface area contributed by atoms with Crippen LogP contribution in [0.15, 0.2) is 34.8 Å². The van der Waals surface area contributed by atoms with Crippen molar-refractivity contribution in [2.24, 2.45) is 0 Å². The molecule has 0 unspecified atom stereocenters. The van der Waals surface area contributed by atoms with E-state index in [1.165, 1.54) is 0 Å². The quantitative estimate of drug-likeness (QED) is 0.769. The van der Waals surface area contributed by atoms with Gasteiger partial charge in [0.05, 0.1) is 5.69 Å². The van der Waals surface area contributed by atoms with Gasteiger partial charge >= 0.3 is 0 Å². The largest absolute Gasteiger partial charge is 0.484 e. The van der Waals surface area contributed by atoms with Crippen LogP contribution in [-0.2, 0) is 16.1 Å². The number of ether oxygens (including phenoxy) is 1. The zero-order valence-electron chi connectivity index (χ0n) is 12.8. The third kappa shape index (κ3) is 5.41. The van der Waals surface area contributed by atoms with E-state index in [0.29, 0.717) is 5.75 Å². The highest BCUT2D eigenvalue weighted by molar-refractivity contribution is 9.10. The molecule has 2 aromatic rings. The highest BCUT2D eigenvalue weighted by Crippen LogP contribution is 2.15. The molecular weight excluding hydrogens is 364 g/mol. The first kappa shape index (κ1) is 17.0. The van der Waals surface area contributed by atoms with Gasteiger partial charge in [-0.05, 0) is 44.2 Å². The molecule has 1 aromatic heterocycles. The van der Waals surface area contributed by atoms with Crippen LogP contribution in [0.2, 0.25) is 0 Å². The molecule has 2 N–H and O–H groups in total. The van der Waals surface area contributed by atoms with Crippen LogP contribution in [0.5, 0.6) is 5.75 Å². The number of hydrazine groups is 1. The molecule has 8 heteroatoms. The van der Waals surface area contributed by atoms with Crippen molar-refractivity contribution in [3.05, 3.63) is 46.2 Å². The summed E-state index contributed by atoms with van der Waals surface area (Å²) in [6.07, 6.45) is 0. The fraction of sp³-hybridized carbons (Fsp3) is 0.267. The van der Waals surface area contributed by atoms with Crippen molar-refractivity contribution in [3.8, 4) is 5.75 Å². The van der Waals surface area contributed by atoms with Crippen molar-refractivity contribution in [2.75, 3.05) is 6.61 Å². The summed E-state index contributed by atoms with van der Waals surface area (Å²) in [7, 11) is 0. The molecule has 1 aromatic carbocycles. The van der Waals surface area contributed by atoms with E-state index in [2.05, 4.69) is 31.9 Å². The Morgan fingerprint density at radius 1 is 1.17 bits per heavy atom. The predicted molar refractivity (Wildman–Crippen MR) is 87.6 cm³/mol. The molecule has 0 aliphatic heterocycles. The van der Waals surface area contributed by atoms with Gasteiger partial charge in [-0.1, -0.05) is 15.9 Å². The van der Waals surface area contributed by atoms with Gasteiger partial charge < -0.3 is 4.74 Å². The van der Waals surface area contributed by atoms with Crippen molar-refractivity contribution in [1.82, 2.24) is 20.6 Å². The van der Waals surface area contributed by atoms with Crippen LogP contribution in [-0.4, -0.2) is 28.2 Å². The van der Waals surface area contributed by atoms with Gasteiger partial charge in [0.25, 0.3) is 11.8 Å². The lowest BCUT2D eigenvalue weighted by Crippen LogP contribution is -2.45. The Morgan fingerprint density at radius 3 is 2.43 bits per heavy atom. The normalized spacial score (nSPS) is 10.2. The van der Waals surface area contributed by atoms with E-state index in [9.17, 15) is 9.59 Å². The number of nitrogens with one attached hydrogen (secondary N) is 2. The molecule has 0 saturated heterocycles. The maximum atomic E-state index is 11.8. The van der Waals surface area contributed by atoms with Crippen molar-refractivity contribution in [3.63, 3.8) is 0 Å². The number of hydrogen-bond acceptors (Lipinski definition) is 4. The third-order valence-corrected chi connectivity index (χ3v) is 3.45. The third-order valence-electron chi connectivity index (χ3n) is 2.92. The van der Waals surface area contributed by atoms with E-state index in [1.54, 1.807) is 16.8 Å². The van der Waals surface area contributed by atoms with Gasteiger partial charge in [-0.3, -0.25) is 25.1 Å². The van der Waals surface area contributed by atoms with Crippen LogP contribution in [0.4, 0.5) is 0 Å². The topological polar surface area (TPSA) is 85.2 Å². The van der Waals surface area contributed by atoms with Gasteiger partial charge in [-0.25, -0.2) is 0 Å². The molecule has 1 heterocycles. The lowest BCUT2D eigenvalue weighted by molar-refractivity contribution is -0.130. The van der Waals surface area contributed by atoms with E-state index in [4.69, 9.17) is 4.74 Å². The van der Waals surface area contributed by atoms with Crippen LogP contribution in [0, 0.1) is 13.8 Å². The van der Waals surface area contributed by atoms with Crippen molar-refractivity contribution in [1.29, 1.82) is 0 Å². The molecule has 0 radical (unpaired) electrons. The minimum absolute atomic E-state index is 0.0352. The van der Waals surface area contributed by atoms with Crippen molar-refractivity contribution < 1.29 is 14.3 Å². The molecule has 7 nitrogen and oxygen atoms in total. The molecule has 0 spiro atoms. The van der Waals surface area contributed by atoms with Crippen LogP contribution in [0.3, 0.4) is 0 Å². The van der Waals surface area contributed by atoms with Crippen LogP contribution >= 0.6 is 15.9 Å². The number of amides is 2. The Balaban J connectivity index is 1.72. The number of aryl methyl sites for hydroxylation is 2. The molecule has 0 bridgehead atoms. The average molecular weight is 381 g/mol. The number of benzene rings is 1. The first-order chi connectivity index (χ1) is 10.9. The summed E-state index contributed by atoms with van der Waals surface area (Å²) in [4.78, 5) is 23.4. The highest BCUT2D eigenvalue weighted by atomic mass is 79.9. The fourth-order valence-corrected chi connectivity index (χ4v) is 2.13. The predicted octanol–water partition coefficient (Wildman–Crippen LogP) is 1.49. The fourth-order valence-electron chi connectivity index (χ4n) is 1.87. The van der Waals surface area contributed by atoms with E-state index < -0.39 is 5.91 Å². The molecule has 0 aliphatic rings. The summed E-state index contributed by atoms with van der Waals surface area (Å²) >= 11 is 3.31. The summed E-state index contributed by atoms with van der Waals surface area (Å²) in [5.41, 5.74) is 6.34. The molecule has 23 heavy (non-hydrogen) atoms. The monoisotopic (exact) mass is 380 g/mol. The number of nitrogens with zero attached hydrogens (tertiary/aromatic N) is 2. The number of hydrogen-bond donors (Lipinski definition) is 2. The lowest BCUT2D eigenvalue weighted by atomic mass is 10.3. The summed E-state index contributed by atoms with van der Waals surface area (Å²) in [6, 6.07) is 8.96. The van der Waals surface area contributed by atoms with Crippen LogP contribution in [0.25, 0.3) is 0 Å². The maximum Gasteiger partial charge on any atom is 0.276 e. The van der Waals surface area contributed by atoms with E-state index >= 15 is 0 Å². The first-order valence-electron chi connectivity index (χ1n) is 6.91. The minimum atomic E-state index is -0.449. The Morgan fingerprint density at radius 2 is 1.83 bits per heavy atom. The van der Waals surface area contributed by atoms with Crippen molar-refractivity contribution >= 4 is 27.7 Å². The summed E-state index contributed by atoms with van der Waals surface area (Å²) in [6.45, 7) is 3.55. The van der Waals surface area contributed by atoms with Gasteiger partial charge in [0.2, 0.25) is 0 Å². The first-order valence-corrected chi connectivity index (χ1v) is 7.70. The van der Waals surface area contributed by atoms with Gasteiger partial charge in [0, 0.05) is 10.2 Å². The molecule has 2 amide bonds. The number of carbonyl (C=O) groups is 2. The number of aromatic nitrogens is 2. The molecule has 2 rings (SSSR count). The molecule has 0 fully saturated rings. The van der Waals surface area contributed by atoms with E-state index in [0.717, 1.165) is 15.9 Å². The second-order valence-electron chi connectivity index (χ2n) is 4.92. The SMILES string of the molecule is Cc1cc(C)n(CC(=O)NNC(=O)COc2ccc(Br)cc2)n1. The van der Waals surface area contributed by atoms with Gasteiger partial charge in [0.15, 0.2) is 6.61 Å². The Hall–Kier alpha value is -2.35. The molecule has 0 saturated carbocycles. The zero-order chi connectivity index (χ0) is 16.8. The van der Waals surface area contributed by atoms with Crippen LogP contribution < -0.4 is 15.6 Å². The Labute approximate surface area is 142 Å². The number of rotatable bonds is 5. The highest BCUT2D eigenvalue weighted by Gasteiger charge is 2.09. The van der Waals surface area contributed by atoms with E-state index in [1.807, 2.05) is 32.0 Å². The Bertz CT molecular complexity index is 697. The lowest BCUT2D eigenvalue weighted by Gasteiger charge is -2.09. The standard InChI is InChI=1S/C15H17BrN4O3/c1-10-7-11(2)20(19-10)8-14(21)17-18-15(22)9-23-13-5-3-12(16)4-6-13/h3-7H,8-9H2,1-2H3,(H,17,21)(H,18,22). The summed E-state index contributed by atoms with van der Waals surface area (Å²) < 4.78 is 7.78. The maximum absolute atomic E-state index is 11.8. The second kappa shape index (κ2) is 7.77. The molecule has 122 valence electrons. The van der Waals surface area contributed by atoms with Crippen molar-refractivity contribution in [2.45, 2.75) is 20.4 Å². The van der Waals surface area contributed by atoms with Gasteiger partial charge in [0.1, 0.15) is 12.3 Å². The minimum Gasteiger partial charge on any atom is -0.484 e. The van der Waals surface area contributed by atoms with Crippen LogP contribution in [0.1, 0.15) is 11.4 Å². The van der Waals surface area contributed by atoms with E-state index in [-0.39, 0.29) is 19.1 Å². The smallest absolute Gasteiger partial charge is 0.276 e. The number of halogens is 1. The molecule has 0 atom stereocenters. The second-order valence-corrected chi connectivity index (χ2v) is 5.84.